The van der Waals surface area contributed by atoms with Crippen LogP contribution in [0.5, 0.6) is 0 Å². The van der Waals surface area contributed by atoms with Crippen molar-refractivity contribution < 1.29 is 26.4 Å². The molecule has 4 rings (SSSR count). The van der Waals surface area contributed by atoms with E-state index in [1.165, 1.54) is 5.38 Å². The maximum atomic E-state index is 13.1. The van der Waals surface area contributed by atoms with E-state index in [4.69, 9.17) is 0 Å². The van der Waals surface area contributed by atoms with Gasteiger partial charge in [-0.25, -0.2) is 13.1 Å². The summed E-state index contributed by atoms with van der Waals surface area (Å²) in [6.45, 7) is -0.205. The van der Waals surface area contributed by atoms with Crippen LogP contribution >= 0.6 is 11.3 Å². The number of carbonyl (C=O) groups excluding carboxylic acids is 2. The first-order valence-electron chi connectivity index (χ1n) is 9.58. The van der Waals surface area contributed by atoms with Crippen LogP contribution in [-0.2, 0) is 36.2 Å². The Labute approximate surface area is 178 Å². The minimum Gasteiger partial charge on any atom is -0.352 e. The zero-order valence-corrected chi connectivity index (χ0v) is 18.6. The number of hydrogen-bond acceptors (Lipinski definition) is 8. The van der Waals surface area contributed by atoms with Gasteiger partial charge in [0, 0.05) is 24.1 Å². The number of nitrogens with one attached hydrogen (secondary N) is 3. The predicted octanol–water partition coefficient (Wildman–Crippen LogP) is 0.574. The standard InChI is InChI=1S/C17H22N4O6S3/c1-29(24,25)18-7-9-8-28-17-14(9)30(26,27)21-15(20-17)12-13(22)10-5-3-2-4-6-11(10)19-16(12)23/h8,10-12,18H,2-7H2,1H3,(H,19,23)(H,20,21). The van der Waals surface area contributed by atoms with Gasteiger partial charge < -0.3 is 10.6 Å². The lowest BCUT2D eigenvalue weighted by Crippen LogP contribution is -2.58. The van der Waals surface area contributed by atoms with Crippen LogP contribution in [0.3, 0.4) is 0 Å². The van der Waals surface area contributed by atoms with Crippen LogP contribution in [-0.4, -0.2) is 46.7 Å². The lowest BCUT2D eigenvalue weighted by atomic mass is 9.79. The quantitative estimate of drug-likeness (QED) is 0.540. The van der Waals surface area contributed by atoms with Crippen molar-refractivity contribution in [1.29, 1.82) is 0 Å². The van der Waals surface area contributed by atoms with Gasteiger partial charge in [0.2, 0.25) is 15.9 Å². The number of sulfonamides is 2. The molecule has 3 N–H and O–H groups in total. The molecule has 3 atom stereocenters. The molecule has 0 bridgehead atoms. The van der Waals surface area contributed by atoms with Gasteiger partial charge in [0.05, 0.1) is 6.26 Å². The number of amides is 1. The minimum atomic E-state index is -4.21. The molecule has 0 radical (unpaired) electrons. The molecule has 1 saturated carbocycles. The van der Waals surface area contributed by atoms with Gasteiger partial charge in [-0.1, -0.05) is 19.3 Å². The van der Waals surface area contributed by atoms with Crippen LogP contribution in [0.2, 0.25) is 0 Å². The van der Waals surface area contributed by atoms with Gasteiger partial charge in [0.15, 0.2) is 11.7 Å². The number of fused-ring (bicyclic) bond motifs is 2. The largest absolute Gasteiger partial charge is 0.352 e. The van der Waals surface area contributed by atoms with Gasteiger partial charge in [-0.05, 0) is 18.2 Å². The highest BCUT2D eigenvalue weighted by molar-refractivity contribution is 7.91. The molecule has 13 heteroatoms. The summed E-state index contributed by atoms with van der Waals surface area (Å²) in [5, 5.41) is 7.45. The van der Waals surface area contributed by atoms with Gasteiger partial charge >= 0.3 is 0 Å². The molecular formula is C17H22N4O6S3. The second-order valence-corrected chi connectivity index (χ2v) is 12.0. The number of thiophene rings is 1. The molecule has 1 aliphatic carbocycles. The molecule has 0 aromatic carbocycles. The van der Waals surface area contributed by atoms with Gasteiger partial charge in [0.1, 0.15) is 15.7 Å². The Morgan fingerprint density at radius 2 is 1.97 bits per heavy atom. The number of carbonyl (C=O) groups is 2. The number of amidine groups is 1. The van der Waals surface area contributed by atoms with E-state index >= 15 is 0 Å². The smallest absolute Gasteiger partial charge is 0.287 e. The van der Waals surface area contributed by atoms with Crippen LogP contribution in [0.15, 0.2) is 14.7 Å². The van der Waals surface area contributed by atoms with Crippen LogP contribution in [0.1, 0.15) is 37.7 Å². The van der Waals surface area contributed by atoms with Crippen molar-refractivity contribution in [3.63, 3.8) is 0 Å². The molecule has 10 nitrogen and oxygen atoms in total. The number of nitrogens with zero attached hydrogens (tertiary/aromatic N) is 1. The van der Waals surface area contributed by atoms with E-state index in [-0.39, 0.29) is 45.6 Å². The zero-order chi connectivity index (χ0) is 21.7. The molecule has 3 heterocycles. The fraction of sp³-hybridized carbons (Fsp3) is 0.588. The van der Waals surface area contributed by atoms with Crippen molar-refractivity contribution >= 4 is 53.9 Å². The van der Waals surface area contributed by atoms with E-state index in [2.05, 4.69) is 19.8 Å². The summed E-state index contributed by atoms with van der Waals surface area (Å²) < 4.78 is 54.4. The Bertz CT molecular complexity index is 1140. The minimum absolute atomic E-state index is 0.136. The Morgan fingerprint density at radius 3 is 2.70 bits per heavy atom. The third-order valence-electron chi connectivity index (χ3n) is 5.59. The molecule has 0 spiro atoms. The summed E-state index contributed by atoms with van der Waals surface area (Å²) in [6.07, 6.45) is 5.19. The van der Waals surface area contributed by atoms with E-state index in [1.54, 1.807) is 0 Å². The second kappa shape index (κ2) is 7.70. The fourth-order valence-corrected chi connectivity index (χ4v) is 7.28. The van der Waals surface area contributed by atoms with Crippen LogP contribution in [0, 0.1) is 11.8 Å². The lowest BCUT2D eigenvalue weighted by molar-refractivity contribution is -0.138. The van der Waals surface area contributed by atoms with Gasteiger partial charge in [-0.3, -0.25) is 9.59 Å². The predicted molar refractivity (Wildman–Crippen MR) is 111 cm³/mol. The van der Waals surface area contributed by atoms with Gasteiger partial charge in [-0.2, -0.15) is 8.42 Å². The van der Waals surface area contributed by atoms with Crippen molar-refractivity contribution in [3.05, 3.63) is 10.9 Å². The van der Waals surface area contributed by atoms with Gasteiger partial charge in [-0.15, -0.1) is 15.7 Å². The first-order valence-corrected chi connectivity index (χ1v) is 13.8. The molecule has 1 saturated heterocycles. The van der Waals surface area contributed by atoms with E-state index in [0.717, 1.165) is 43.3 Å². The number of rotatable bonds is 4. The van der Waals surface area contributed by atoms with E-state index in [1.807, 2.05) is 0 Å². The summed E-state index contributed by atoms with van der Waals surface area (Å²) in [5.41, 5.74) is 0.249. The highest BCUT2D eigenvalue weighted by Gasteiger charge is 2.47. The average molecular weight is 475 g/mol. The third kappa shape index (κ3) is 4.03. The highest BCUT2D eigenvalue weighted by Crippen LogP contribution is 2.39. The van der Waals surface area contributed by atoms with Crippen LogP contribution in [0.4, 0.5) is 5.00 Å². The summed E-state index contributed by atoms with van der Waals surface area (Å²) >= 11 is 1.05. The average Bonchev–Trinajstić information content (AvgIpc) is 2.90. The summed E-state index contributed by atoms with van der Waals surface area (Å²) in [6, 6.07) is -0.212. The molecule has 3 unspecified atom stereocenters. The Balaban J connectivity index is 1.64. The summed E-state index contributed by atoms with van der Waals surface area (Å²) in [7, 11) is -7.72. The van der Waals surface area contributed by atoms with Crippen molar-refractivity contribution in [3.8, 4) is 0 Å². The van der Waals surface area contributed by atoms with Crippen molar-refractivity contribution in [1.82, 2.24) is 10.0 Å². The van der Waals surface area contributed by atoms with Crippen LogP contribution < -0.4 is 15.4 Å². The number of hydrogen-bond donors (Lipinski definition) is 3. The van der Waals surface area contributed by atoms with Crippen LogP contribution in [0.25, 0.3) is 0 Å². The van der Waals surface area contributed by atoms with Crippen molar-refractivity contribution in [2.45, 2.75) is 49.6 Å². The van der Waals surface area contributed by atoms with E-state index < -0.39 is 31.9 Å². The topological polar surface area (TPSA) is 151 Å². The van der Waals surface area contributed by atoms with Crippen molar-refractivity contribution in [2.75, 3.05) is 11.6 Å². The van der Waals surface area contributed by atoms with Crippen molar-refractivity contribution in [2.24, 2.45) is 16.2 Å². The molecule has 3 aliphatic rings. The monoisotopic (exact) mass is 474 g/mol. The number of Topliss-reactive ketones (excluding diaryl/α,β-unsaturated/α-hetero) is 1. The summed E-state index contributed by atoms with van der Waals surface area (Å²) in [4.78, 5) is 25.7. The molecule has 1 amide bonds. The van der Waals surface area contributed by atoms with Gasteiger partial charge in [0.25, 0.3) is 10.0 Å². The van der Waals surface area contributed by atoms with E-state index in [0.29, 0.717) is 6.42 Å². The second-order valence-electron chi connectivity index (χ2n) is 7.78. The molecule has 30 heavy (non-hydrogen) atoms. The molecule has 2 aliphatic heterocycles. The maximum Gasteiger partial charge on any atom is 0.287 e. The SMILES string of the molecule is CS(=O)(=O)NCc1csc2c1S(=O)(=O)N=C(C1C(=O)NC3CCCCCC3C1=O)N2. The third-order valence-corrected chi connectivity index (χ3v) is 8.75. The first kappa shape index (κ1) is 21.4. The Kier molecular flexibility index (Phi) is 5.49. The normalized spacial score (nSPS) is 28.4. The number of anilines is 1. The fourth-order valence-electron chi connectivity index (χ4n) is 4.21. The molecule has 2 fully saturated rings. The lowest BCUT2D eigenvalue weighted by Gasteiger charge is -2.35. The maximum absolute atomic E-state index is 13.1. The first-order chi connectivity index (χ1) is 14.1. The molecule has 1 aromatic rings. The highest BCUT2D eigenvalue weighted by atomic mass is 32.2. The molecular weight excluding hydrogens is 452 g/mol. The molecule has 1 aromatic heterocycles. The summed E-state index contributed by atoms with van der Waals surface area (Å²) in [5.74, 6) is -2.68. The Morgan fingerprint density at radius 1 is 1.23 bits per heavy atom. The van der Waals surface area contributed by atoms with E-state index in [9.17, 15) is 26.4 Å². The zero-order valence-electron chi connectivity index (χ0n) is 16.2. The Hall–Kier alpha value is -1.83. The number of piperidine rings is 1. The molecule has 164 valence electrons. The number of ketones is 1.